The monoisotopic (exact) mass is 304 g/mol. The number of carbonyl (C=O) groups excluding carboxylic acids is 1. The number of nitrogens with zero attached hydrogens (tertiary/aromatic N) is 2. The van der Waals surface area contributed by atoms with Crippen LogP contribution in [0.1, 0.15) is 23.2 Å². The van der Waals surface area contributed by atoms with Crippen LogP contribution in [0.25, 0.3) is 0 Å². The smallest absolute Gasteiger partial charge is 0.310 e. The molecule has 1 heterocycles. The Hall–Kier alpha value is -1.55. The standard InChI is InChI=1S/C10H7BrF2N2O2/c1-17-7(16)2-5-4-15-9(10(12)13)8(11)6(5)3-14/h4,10H,2H2,1H3. The average Bonchev–Trinajstić information content (AvgIpc) is 2.28. The SMILES string of the molecule is COC(=O)Cc1cnc(C(F)F)c(Br)c1C#N. The van der Waals surface area contributed by atoms with Gasteiger partial charge in [0.05, 0.1) is 23.6 Å². The molecule has 0 saturated carbocycles. The Kier molecular flexibility index (Phi) is 4.52. The normalized spacial score (nSPS) is 10.1. The second-order valence-electron chi connectivity index (χ2n) is 3.02. The topological polar surface area (TPSA) is 63.0 Å². The van der Waals surface area contributed by atoms with Crippen molar-refractivity contribution < 1.29 is 18.3 Å². The fourth-order valence-electron chi connectivity index (χ4n) is 1.17. The van der Waals surface area contributed by atoms with Crippen LogP contribution in [0, 0.1) is 11.3 Å². The van der Waals surface area contributed by atoms with Crippen molar-refractivity contribution in [2.24, 2.45) is 0 Å². The molecular formula is C10H7BrF2N2O2. The van der Waals surface area contributed by atoms with Gasteiger partial charge in [-0.3, -0.25) is 9.78 Å². The molecule has 90 valence electrons. The number of methoxy groups -OCH3 is 1. The second kappa shape index (κ2) is 5.68. The van der Waals surface area contributed by atoms with Crippen LogP contribution in [0.3, 0.4) is 0 Å². The number of nitriles is 1. The lowest BCUT2D eigenvalue weighted by Gasteiger charge is -2.08. The summed E-state index contributed by atoms with van der Waals surface area (Å²) < 4.78 is 29.4. The maximum atomic E-state index is 12.5. The van der Waals surface area contributed by atoms with Crippen LogP contribution in [0.5, 0.6) is 0 Å². The van der Waals surface area contributed by atoms with Gasteiger partial charge in [0.1, 0.15) is 11.8 Å². The van der Waals surface area contributed by atoms with E-state index in [4.69, 9.17) is 5.26 Å². The summed E-state index contributed by atoms with van der Waals surface area (Å²) in [5.41, 5.74) is -0.300. The highest BCUT2D eigenvalue weighted by Crippen LogP contribution is 2.29. The molecule has 0 radical (unpaired) electrons. The number of carbonyl (C=O) groups is 1. The lowest BCUT2D eigenvalue weighted by Crippen LogP contribution is -2.08. The van der Waals surface area contributed by atoms with Crippen LogP contribution in [-0.2, 0) is 16.0 Å². The minimum Gasteiger partial charge on any atom is -0.469 e. The van der Waals surface area contributed by atoms with Crippen LogP contribution in [-0.4, -0.2) is 18.1 Å². The van der Waals surface area contributed by atoms with E-state index in [1.165, 1.54) is 7.11 Å². The highest BCUT2D eigenvalue weighted by molar-refractivity contribution is 9.10. The molecule has 0 amide bonds. The molecule has 0 aliphatic carbocycles. The minimum absolute atomic E-state index is 0.0271. The van der Waals surface area contributed by atoms with E-state index in [2.05, 4.69) is 25.7 Å². The first-order valence-electron chi connectivity index (χ1n) is 4.43. The van der Waals surface area contributed by atoms with E-state index in [-0.39, 0.29) is 22.0 Å². The molecule has 0 N–H and O–H groups in total. The van der Waals surface area contributed by atoms with Crippen molar-refractivity contribution in [1.29, 1.82) is 5.26 Å². The summed E-state index contributed by atoms with van der Waals surface area (Å²) in [6.45, 7) is 0. The van der Waals surface area contributed by atoms with Gasteiger partial charge in [0.25, 0.3) is 6.43 Å². The van der Waals surface area contributed by atoms with E-state index in [0.29, 0.717) is 0 Å². The predicted molar refractivity (Wildman–Crippen MR) is 57.3 cm³/mol. The summed E-state index contributed by atoms with van der Waals surface area (Å²) in [6.07, 6.45) is -1.89. The van der Waals surface area contributed by atoms with Crippen molar-refractivity contribution in [1.82, 2.24) is 4.98 Å². The number of aromatic nitrogens is 1. The van der Waals surface area contributed by atoms with Gasteiger partial charge in [-0.1, -0.05) is 0 Å². The van der Waals surface area contributed by atoms with Gasteiger partial charge in [-0.15, -0.1) is 0 Å². The van der Waals surface area contributed by atoms with E-state index < -0.39 is 18.1 Å². The highest BCUT2D eigenvalue weighted by atomic mass is 79.9. The summed E-state index contributed by atoms with van der Waals surface area (Å²) >= 11 is 2.89. The fraction of sp³-hybridized carbons (Fsp3) is 0.300. The molecule has 0 bridgehead atoms. The third-order valence-corrected chi connectivity index (χ3v) is 2.81. The fourth-order valence-corrected chi connectivity index (χ4v) is 1.79. The number of alkyl halides is 2. The quantitative estimate of drug-likeness (QED) is 0.804. The molecule has 1 aromatic heterocycles. The number of halogens is 3. The number of ether oxygens (including phenoxy) is 1. The van der Waals surface area contributed by atoms with Crippen LogP contribution in [0.4, 0.5) is 8.78 Å². The van der Waals surface area contributed by atoms with Crippen LogP contribution < -0.4 is 0 Å². The largest absolute Gasteiger partial charge is 0.469 e. The molecule has 0 spiro atoms. The van der Waals surface area contributed by atoms with Crippen LogP contribution in [0.2, 0.25) is 0 Å². The molecule has 17 heavy (non-hydrogen) atoms. The maximum Gasteiger partial charge on any atom is 0.310 e. The third-order valence-electron chi connectivity index (χ3n) is 2.01. The summed E-state index contributed by atoms with van der Waals surface area (Å²) in [5, 5.41) is 8.89. The molecule has 0 unspecified atom stereocenters. The van der Waals surface area contributed by atoms with Gasteiger partial charge in [-0.2, -0.15) is 5.26 Å². The number of hydrogen-bond donors (Lipinski definition) is 0. The Balaban J connectivity index is 3.22. The van der Waals surface area contributed by atoms with Crippen molar-refractivity contribution >= 4 is 21.9 Å². The van der Waals surface area contributed by atoms with Gasteiger partial charge >= 0.3 is 5.97 Å². The van der Waals surface area contributed by atoms with Gasteiger partial charge in [0, 0.05) is 11.8 Å². The minimum atomic E-state index is -2.79. The van der Waals surface area contributed by atoms with Crippen LogP contribution >= 0.6 is 15.9 Å². The van der Waals surface area contributed by atoms with Crippen molar-refractivity contribution in [3.63, 3.8) is 0 Å². The third kappa shape index (κ3) is 2.97. The molecule has 0 saturated heterocycles. The Labute approximate surface area is 104 Å². The zero-order valence-electron chi connectivity index (χ0n) is 8.71. The lowest BCUT2D eigenvalue weighted by atomic mass is 10.1. The van der Waals surface area contributed by atoms with E-state index in [0.717, 1.165) is 6.20 Å². The Morgan fingerprint density at radius 2 is 2.35 bits per heavy atom. The molecule has 1 rings (SSSR count). The van der Waals surface area contributed by atoms with E-state index in [1.807, 2.05) is 0 Å². The molecule has 0 aliphatic rings. The predicted octanol–water partition coefficient (Wildman–Crippen LogP) is 2.37. The lowest BCUT2D eigenvalue weighted by molar-refractivity contribution is -0.139. The summed E-state index contributed by atoms with van der Waals surface area (Å²) in [5.74, 6) is -0.569. The van der Waals surface area contributed by atoms with Crippen molar-refractivity contribution in [3.8, 4) is 6.07 Å². The molecule has 0 aromatic carbocycles. The second-order valence-corrected chi connectivity index (χ2v) is 3.82. The Morgan fingerprint density at radius 1 is 1.71 bits per heavy atom. The van der Waals surface area contributed by atoms with Gasteiger partial charge in [-0.25, -0.2) is 8.78 Å². The molecule has 7 heteroatoms. The summed E-state index contributed by atoms with van der Waals surface area (Å²) in [7, 11) is 1.20. The van der Waals surface area contributed by atoms with E-state index in [9.17, 15) is 13.6 Å². The zero-order valence-corrected chi connectivity index (χ0v) is 10.3. The van der Waals surface area contributed by atoms with Crippen molar-refractivity contribution in [2.45, 2.75) is 12.8 Å². The molecular weight excluding hydrogens is 298 g/mol. The number of pyridine rings is 1. The van der Waals surface area contributed by atoms with Crippen molar-refractivity contribution in [2.75, 3.05) is 7.11 Å². The Bertz CT molecular complexity index is 486. The number of esters is 1. The van der Waals surface area contributed by atoms with Crippen molar-refractivity contribution in [3.05, 3.63) is 27.5 Å². The first kappa shape index (κ1) is 13.5. The summed E-state index contributed by atoms with van der Waals surface area (Å²) in [4.78, 5) is 14.6. The molecule has 4 nitrogen and oxygen atoms in total. The highest BCUT2D eigenvalue weighted by Gasteiger charge is 2.20. The molecule has 0 fully saturated rings. The van der Waals surface area contributed by atoms with Gasteiger partial charge < -0.3 is 4.74 Å². The Morgan fingerprint density at radius 3 is 2.82 bits per heavy atom. The molecule has 0 atom stereocenters. The number of rotatable bonds is 3. The summed E-state index contributed by atoms with van der Waals surface area (Å²) in [6, 6.07) is 1.76. The average molecular weight is 305 g/mol. The first-order valence-corrected chi connectivity index (χ1v) is 5.22. The van der Waals surface area contributed by atoms with Gasteiger partial charge in [0.15, 0.2) is 0 Å². The van der Waals surface area contributed by atoms with Crippen LogP contribution in [0.15, 0.2) is 10.7 Å². The maximum absolute atomic E-state index is 12.5. The van der Waals surface area contributed by atoms with E-state index >= 15 is 0 Å². The number of hydrogen-bond acceptors (Lipinski definition) is 4. The zero-order chi connectivity index (χ0) is 13.0. The molecule has 1 aromatic rings. The molecule has 0 aliphatic heterocycles. The van der Waals surface area contributed by atoms with Gasteiger partial charge in [0.2, 0.25) is 0 Å². The first-order chi connectivity index (χ1) is 8.01. The van der Waals surface area contributed by atoms with Gasteiger partial charge in [-0.05, 0) is 15.9 Å². The van der Waals surface area contributed by atoms with E-state index in [1.54, 1.807) is 6.07 Å².